The molecule has 7 heteroatoms. The summed E-state index contributed by atoms with van der Waals surface area (Å²) in [5.41, 5.74) is 0.746. The normalized spacial score (nSPS) is 21.6. The van der Waals surface area contributed by atoms with Crippen LogP contribution in [-0.2, 0) is 9.53 Å². The SMILES string of the molecule is CCCOc1cc(C)nc(N2CC(OC)CC2C(=O)O)n1. The second kappa shape index (κ2) is 6.71. The number of rotatable bonds is 6. The van der Waals surface area contributed by atoms with E-state index in [0.29, 0.717) is 31.4 Å². The zero-order valence-electron chi connectivity index (χ0n) is 12.6. The van der Waals surface area contributed by atoms with Gasteiger partial charge in [0.2, 0.25) is 11.8 Å². The van der Waals surface area contributed by atoms with Gasteiger partial charge in [0, 0.05) is 31.8 Å². The summed E-state index contributed by atoms with van der Waals surface area (Å²) < 4.78 is 10.8. The fourth-order valence-corrected chi connectivity index (χ4v) is 2.36. The number of hydrogen-bond donors (Lipinski definition) is 1. The maximum absolute atomic E-state index is 11.4. The van der Waals surface area contributed by atoms with Crippen LogP contribution in [0.4, 0.5) is 5.95 Å². The number of nitrogens with zero attached hydrogens (tertiary/aromatic N) is 3. The lowest BCUT2D eigenvalue weighted by atomic mass is 10.2. The van der Waals surface area contributed by atoms with Crippen LogP contribution in [0.1, 0.15) is 25.5 Å². The highest BCUT2D eigenvalue weighted by atomic mass is 16.5. The van der Waals surface area contributed by atoms with Crippen LogP contribution < -0.4 is 9.64 Å². The van der Waals surface area contributed by atoms with E-state index in [1.54, 1.807) is 18.1 Å². The topological polar surface area (TPSA) is 84.8 Å². The molecule has 0 saturated carbocycles. The van der Waals surface area contributed by atoms with Gasteiger partial charge in [0.05, 0.1) is 12.7 Å². The van der Waals surface area contributed by atoms with Gasteiger partial charge in [-0.05, 0) is 13.3 Å². The summed E-state index contributed by atoms with van der Waals surface area (Å²) in [5.74, 6) is -0.0342. The molecule has 1 aliphatic rings. The minimum absolute atomic E-state index is 0.129. The van der Waals surface area contributed by atoms with Crippen molar-refractivity contribution >= 4 is 11.9 Å². The number of carboxylic acid groups (broad SMARTS) is 1. The molecule has 2 heterocycles. The number of hydrogen-bond acceptors (Lipinski definition) is 6. The van der Waals surface area contributed by atoms with Gasteiger partial charge in [-0.15, -0.1) is 0 Å². The third kappa shape index (κ3) is 3.60. The average Bonchev–Trinajstić information content (AvgIpc) is 2.89. The van der Waals surface area contributed by atoms with Crippen LogP contribution in [0, 0.1) is 6.92 Å². The highest BCUT2D eigenvalue weighted by molar-refractivity contribution is 5.78. The smallest absolute Gasteiger partial charge is 0.326 e. The fourth-order valence-electron chi connectivity index (χ4n) is 2.36. The van der Waals surface area contributed by atoms with E-state index < -0.39 is 12.0 Å². The van der Waals surface area contributed by atoms with Gasteiger partial charge in [0.25, 0.3) is 0 Å². The van der Waals surface area contributed by atoms with Gasteiger partial charge >= 0.3 is 5.97 Å². The molecular formula is C14H21N3O4. The van der Waals surface area contributed by atoms with E-state index in [1.807, 2.05) is 13.8 Å². The molecule has 0 spiro atoms. The minimum Gasteiger partial charge on any atom is -0.480 e. The molecule has 0 aromatic carbocycles. The van der Waals surface area contributed by atoms with E-state index in [0.717, 1.165) is 12.1 Å². The molecule has 2 atom stereocenters. The summed E-state index contributed by atoms with van der Waals surface area (Å²) in [4.78, 5) is 21.7. The van der Waals surface area contributed by atoms with Crippen LogP contribution in [0.3, 0.4) is 0 Å². The van der Waals surface area contributed by atoms with E-state index in [9.17, 15) is 9.90 Å². The minimum atomic E-state index is -0.893. The molecule has 2 rings (SSSR count). The molecule has 7 nitrogen and oxygen atoms in total. The van der Waals surface area contributed by atoms with Crippen molar-refractivity contribution in [1.82, 2.24) is 9.97 Å². The number of aromatic nitrogens is 2. The lowest BCUT2D eigenvalue weighted by Gasteiger charge is -2.21. The maximum Gasteiger partial charge on any atom is 0.326 e. The highest BCUT2D eigenvalue weighted by Gasteiger charge is 2.38. The van der Waals surface area contributed by atoms with Crippen molar-refractivity contribution in [2.45, 2.75) is 38.8 Å². The molecule has 21 heavy (non-hydrogen) atoms. The van der Waals surface area contributed by atoms with E-state index in [2.05, 4.69) is 9.97 Å². The Morgan fingerprint density at radius 3 is 2.90 bits per heavy atom. The number of aliphatic carboxylic acids is 1. The molecule has 116 valence electrons. The number of carbonyl (C=O) groups is 1. The lowest BCUT2D eigenvalue weighted by Crippen LogP contribution is -2.37. The van der Waals surface area contributed by atoms with Crippen molar-refractivity contribution in [3.8, 4) is 5.88 Å². The zero-order valence-corrected chi connectivity index (χ0v) is 12.6. The molecule has 0 radical (unpaired) electrons. The predicted molar refractivity (Wildman–Crippen MR) is 76.7 cm³/mol. The molecule has 1 fully saturated rings. The van der Waals surface area contributed by atoms with Gasteiger partial charge in [-0.25, -0.2) is 9.78 Å². The Kier molecular flexibility index (Phi) is 4.95. The summed E-state index contributed by atoms with van der Waals surface area (Å²) >= 11 is 0. The Balaban J connectivity index is 2.26. The van der Waals surface area contributed by atoms with E-state index in [1.165, 1.54) is 0 Å². The molecule has 0 bridgehead atoms. The summed E-state index contributed by atoms with van der Waals surface area (Å²) in [6, 6.07) is 1.08. The standard InChI is InChI=1S/C14H21N3O4/c1-4-5-21-12-6-9(2)15-14(16-12)17-8-10(20-3)7-11(17)13(18)19/h6,10-11H,4-5,7-8H2,1-3H3,(H,18,19). The van der Waals surface area contributed by atoms with Crippen molar-refractivity contribution < 1.29 is 19.4 Å². The molecule has 2 unspecified atom stereocenters. The highest BCUT2D eigenvalue weighted by Crippen LogP contribution is 2.26. The molecule has 1 N–H and O–H groups in total. The van der Waals surface area contributed by atoms with Gasteiger partial charge in [-0.1, -0.05) is 6.92 Å². The molecule has 1 saturated heterocycles. The molecular weight excluding hydrogens is 274 g/mol. The van der Waals surface area contributed by atoms with Crippen molar-refractivity contribution in [3.05, 3.63) is 11.8 Å². The van der Waals surface area contributed by atoms with Gasteiger partial charge < -0.3 is 19.5 Å². The van der Waals surface area contributed by atoms with Crippen LogP contribution >= 0.6 is 0 Å². The van der Waals surface area contributed by atoms with Crippen molar-refractivity contribution in [2.24, 2.45) is 0 Å². The quantitative estimate of drug-likeness (QED) is 0.845. The molecule has 1 aliphatic heterocycles. The average molecular weight is 295 g/mol. The summed E-state index contributed by atoms with van der Waals surface area (Å²) in [5, 5.41) is 9.35. The second-order valence-corrected chi connectivity index (χ2v) is 5.10. The van der Waals surface area contributed by atoms with E-state index >= 15 is 0 Å². The third-order valence-corrected chi connectivity index (χ3v) is 3.41. The predicted octanol–water partition coefficient (Wildman–Crippen LogP) is 1.25. The largest absolute Gasteiger partial charge is 0.480 e. The van der Waals surface area contributed by atoms with Crippen molar-refractivity contribution in [2.75, 3.05) is 25.2 Å². The van der Waals surface area contributed by atoms with E-state index in [4.69, 9.17) is 9.47 Å². The Morgan fingerprint density at radius 1 is 1.52 bits per heavy atom. The van der Waals surface area contributed by atoms with Crippen LogP contribution in [0.2, 0.25) is 0 Å². The number of ether oxygens (including phenoxy) is 2. The van der Waals surface area contributed by atoms with Crippen LogP contribution in [0.25, 0.3) is 0 Å². The second-order valence-electron chi connectivity index (χ2n) is 5.10. The number of carboxylic acids is 1. The molecule has 0 aliphatic carbocycles. The van der Waals surface area contributed by atoms with Crippen LogP contribution in [0.15, 0.2) is 6.07 Å². The van der Waals surface area contributed by atoms with Gasteiger partial charge in [-0.3, -0.25) is 0 Å². The summed E-state index contributed by atoms with van der Waals surface area (Å²) in [6.07, 6.45) is 1.18. The molecule has 1 aromatic heterocycles. The monoisotopic (exact) mass is 295 g/mol. The lowest BCUT2D eigenvalue weighted by molar-refractivity contribution is -0.138. The van der Waals surface area contributed by atoms with E-state index in [-0.39, 0.29) is 6.10 Å². The number of methoxy groups -OCH3 is 1. The Bertz CT molecular complexity index is 509. The summed E-state index contributed by atoms with van der Waals surface area (Å²) in [7, 11) is 1.58. The Hall–Kier alpha value is -1.89. The maximum atomic E-state index is 11.4. The van der Waals surface area contributed by atoms with Gasteiger partial charge in [-0.2, -0.15) is 4.98 Å². The van der Waals surface area contributed by atoms with Gasteiger partial charge in [0.15, 0.2) is 0 Å². The third-order valence-electron chi connectivity index (χ3n) is 3.41. The Morgan fingerprint density at radius 2 is 2.29 bits per heavy atom. The van der Waals surface area contributed by atoms with Crippen LogP contribution in [-0.4, -0.2) is 53.5 Å². The molecule has 1 aromatic rings. The Labute approximate surface area is 123 Å². The molecule has 0 amide bonds. The number of aryl methyl sites for hydroxylation is 1. The van der Waals surface area contributed by atoms with Crippen molar-refractivity contribution in [1.29, 1.82) is 0 Å². The van der Waals surface area contributed by atoms with Gasteiger partial charge in [0.1, 0.15) is 6.04 Å². The van der Waals surface area contributed by atoms with Crippen LogP contribution in [0.5, 0.6) is 5.88 Å². The summed E-state index contributed by atoms with van der Waals surface area (Å²) in [6.45, 7) is 4.88. The first-order valence-corrected chi connectivity index (χ1v) is 7.05. The first-order chi connectivity index (χ1) is 10.0. The first-order valence-electron chi connectivity index (χ1n) is 7.05. The fraction of sp³-hybridized carbons (Fsp3) is 0.643. The number of anilines is 1. The zero-order chi connectivity index (χ0) is 15.4. The van der Waals surface area contributed by atoms with Crippen molar-refractivity contribution in [3.63, 3.8) is 0 Å². The first kappa shape index (κ1) is 15.5.